The van der Waals surface area contributed by atoms with Gasteiger partial charge in [-0.25, -0.2) is 0 Å². The number of rotatable bonds is 3. The molecule has 1 N–H and O–H groups in total. The summed E-state index contributed by atoms with van der Waals surface area (Å²) in [5, 5.41) is 10.7. The lowest BCUT2D eigenvalue weighted by Gasteiger charge is -2.12. The number of aryl methyl sites for hydroxylation is 2. The van der Waals surface area contributed by atoms with E-state index in [4.69, 9.17) is 4.52 Å². The molecule has 0 bridgehead atoms. The van der Waals surface area contributed by atoms with Gasteiger partial charge in [0.05, 0.1) is 17.9 Å². The predicted octanol–water partition coefficient (Wildman–Crippen LogP) is 1.52. The molecule has 2 heterocycles. The third-order valence-corrected chi connectivity index (χ3v) is 2.94. The van der Waals surface area contributed by atoms with E-state index in [0.29, 0.717) is 5.69 Å². The highest BCUT2D eigenvalue weighted by atomic mass is 16.5. The molecule has 0 radical (unpaired) electrons. The van der Waals surface area contributed by atoms with Crippen LogP contribution in [0.3, 0.4) is 0 Å². The Hall–Kier alpha value is -2.11. The Balaban J connectivity index is 2.10. The number of amides is 1. The molecule has 0 spiro atoms. The Morgan fingerprint density at radius 1 is 1.50 bits per heavy atom. The van der Waals surface area contributed by atoms with Crippen LogP contribution in [0, 0.1) is 13.8 Å². The van der Waals surface area contributed by atoms with Gasteiger partial charge in [-0.05, 0) is 20.8 Å². The maximum Gasteiger partial charge on any atom is 0.290 e. The second-order valence-corrected chi connectivity index (χ2v) is 4.34. The fourth-order valence-corrected chi connectivity index (χ4v) is 1.76. The molecule has 2 rings (SSSR count). The summed E-state index contributed by atoms with van der Waals surface area (Å²) in [6.07, 6.45) is 1.76. The molecule has 0 aliphatic heterocycles. The Morgan fingerprint density at radius 3 is 2.72 bits per heavy atom. The fourth-order valence-electron chi connectivity index (χ4n) is 1.76. The molecule has 6 heteroatoms. The van der Waals surface area contributed by atoms with Crippen molar-refractivity contribution in [2.24, 2.45) is 7.05 Å². The van der Waals surface area contributed by atoms with Gasteiger partial charge in [0, 0.05) is 24.4 Å². The second kappa shape index (κ2) is 4.64. The summed E-state index contributed by atoms with van der Waals surface area (Å²) in [6, 6.07) is 1.48. The zero-order valence-electron chi connectivity index (χ0n) is 10.9. The molecule has 0 aromatic carbocycles. The Bertz CT molecular complexity index is 570. The number of carbonyl (C=O) groups excluding carboxylic acids is 1. The van der Waals surface area contributed by atoms with Crippen molar-refractivity contribution < 1.29 is 9.32 Å². The van der Waals surface area contributed by atoms with Crippen molar-refractivity contribution in [3.8, 4) is 0 Å². The molecule has 6 nitrogen and oxygen atoms in total. The van der Waals surface area contributed by atoms with Crippen LogP contribution in [0.25, 0.3) is 0 Å². The summed E-state index contributed by atoms with van der Waals surface area (Å²) in [4.78, 5) is 11.9. The number of carbonyl (C=O) groups is 1. The largest absolute Gasteiger partial charge is 0.351 e. The molecule has 2 aromatic heterocycles. The Kier molecular flexibility index (Phi) is 3.18. The van der Waals surface area contributed by atoms with Crippen LogP contribution in [0.5, 0.6) is 0 Å². The van der Waals surface area contributed by atoms with Gasteiger partial charge in [0.25, 0.3) is 5.91 Å². The van der Waals surface area contributed by atoms with Crippen LogP contribution in [-0.2, 0) is 7.05 Å². The van der Waals surface area contributed by atoms with Crippen molar-refractivity contribution in [2.75, 3.05) is 0 Å². The quantitative estimate of drug-likeness (QED) is 0.893. The summed E-state index contributed by atoms with van der Waals surface area (Å²) >= 11 is 0. The van der Waals surface area contributed by atoms with E-state index in [0.717, 1.165) is 11.3 Å². The van der Waals surface area contributed by atoms with Gasteiger partial charge in [0.1, 0.15) is 0 Å². The van der Waals surface area contributed by atoms with Crippen LogP contribution in [0.15, 0.2) is 16.8 Å². The average Bonchev–Trinajstić information content (AvgIpc) is 2.87. The molecular weight excluding hydrogens is 232 g/mol. The average molecular weight is 248 g/mol. The Labute approximate surface area is 105 Å². The van der Waals surface area contributed by atoms with Crippen LogP contribution in [0.2, 0.25) is 0 Å². The maximum atomic E-state index is 11.9. The highest BCUT2D eigenvalue weighted by molar-refractivity contribution is 5.91. The molecule has 1 atom stereocenters. The van der Waals surface area contributed by atoms with Crippen LogP contribution in [0.1, 0.15) is 40.5 Å². The van der Waals surface area contributed by atoms with Crippen molar-refractivity contribution in [1.29, 1.82) is 0 Å². The smallest absolute Gasteiger partial charge is 0.290 e. The van der Waals surface area contributed by atoms with Crippen LogP contribution >= 0.6 is 0 Å². The van der Waals surface area contributed by atoms with Crippen LogP contribution in [-0.4, -0.2) is 20.8 Å². The molecule has 0 aliphatic rings. The minimum absolute atomic E-state index is 0.128. The first-order valence-electron chi connectivity index (χ1n) is 5.71. The van der Waals surface area contributed by atoms with Gasteiger partial charge in [-0.15, -0.1) is 0 Å². The monoisotopic (exact) mass is 248 g/mol. The topological polar surface area (TPSA) is 73.0 Å². The molecule has 0 saturated carbocycles. The van der Waals surface area contributed by atoms with E-state index in [-0.39, 0.29) is 17.7 Å². The number of hydrogen-bond donors (Lipinski definition) is 1. The van der Waals surface area contributed by atoms with Gasteiger partial charge in [-0.2, -0.15) is 5.10 Å². The number of nitrogens with zero attached hydrogens (tertiary/aromatic N) is 3. The van der Waals surface area contributed by atoms with E-state index in [9.17, 15) is 4.79 Å². The molecule has 0 fully saturated rings. The van der Waals surface area contributed by atoms with E-state index >= 15 is 0 Å². The molecule has 1 unspecified atom stereocenters. The summed E-state index contributed by atoms with van der Waals surface area (Å²) in [6.45, 7) is 5.64. The summed E-state index contributed by atoms with van der Waals surface area (Å²) < 4.78 is 6.69. The molecule has 18 heavy (non-hydrogen) atoms. The van der Waals surface area contributed by atoms with Gasteiger partial charge < -0.3 is 9.84 Å². The van der Waals surface area contributed by atoms with Crippen LogP contribution in [0.4, 0.5) is 0 Å². The Morgan fingerprint density at radius 2 is 2.22 bits per heavy atom. The molecule has 1 amide bonds. The first kappa shape index (κ1) is 12.3. The van der Waals surface area contributed by atoms with Gasteiger partial charge in [-0.3, -0.25) is 9.48 Å². The molecule has 96 valence electrons. The van der Waals surface area contributed by atoms with Crippen LogP contribution < -0.4 is 5.32 Å². The molecular formula is C12H16N4O2. The van der Waals surface area contributed by atoms with Gasteiger partial charge in [0.15, 0.2) is 0 Å². The lowest BCUT2D eigenvalue weighted by atomic mass is 10.1. The minimum Gasteiger partial charge on any atom is -0.351 e. The van der Waals surface area contributed by atoms with E-state index in [1.54, 1.807) is 23.9 Å². The van der Waals surface area contributed by atoms with Crippen molar-refractivity contribution in [1.82, 2.24) is 20.3 Å². The van der Waals surface area contributed by atoms with Crippen molar-refractivity contribution in [2.45, 2.75) is 26.8 Å². The first-order valence-corrected chi connectivity index (χ1v) is 5.71. The first-order chi connectivity index (χ1) is 8.49. The minimum atomic E-state index is -0.272. The van der Waals surface area contributed by atoms with Crippen molar-refractivity contribution >= 4 is 5.91 Å². The lowest BCUT2D eigenvalue weighted by Crippen LogP contribution is -2.26. The predicted molar refractivity (Wildman–Crippen MR) is 65.1 cm³/mol. The summed E-state index contributed by atoms with van der Waals surface area (Å²) in [5.41, 5.74) is 2.70. The lowest BCUT2D eigenvalue weighted by molar-refractivity contribution is 0.0902. The van der Waals surface area contributed by atoms with Gasteiger partial charge in [-0.1, -0.05) is 5.16 Å². The van der Waals surface area contributed by atoms with Crippen molar-refractivity contribution in [3.63, 3.8) is 0 Å². The van der Waals surface area contributed by atoms with E-state index in [2.05, 4.69) is 15.6 Å². The molecule has 0 aliphatic carbocycles. The normalized spacial score (nSPS) is 12.4. The highest BCUT2D eigenvalue weighted by Gasteiger charge is 2.18. The number of aromatic nitrogens is 3. The molecule has 0 saturated heterocycles. The summed E-state index contributed by atoms with van der Waals surface area (Å²) in [5.74, 6) is -0.0488. The SMILES string of the molecule is Cc1cc(C(=O)NC(C)c2cnn(C)c2C)on1. The maximum absolute atomic E-state index is 11.9. The zero-order chi connectivity index (χ0) is 13.3. The third kappa shape index (κ3) is 2.27. The van der Waals surface area contributed by atoms with Gasteiger partial charge >= 0.3 is 0 Å². The standard InChI is InChI=1S/C12H16N4O2/c1-7-5-11(18-15-7)12(17)14-8(2)10-6-13-16(4)9(10)3/h5-6,8H,1-4H3,(H,14,17). The summed E-state index contributed by atoms with van der Waals surface area (Å²) in [7, 11) is 1.87. The van der Waals surface area contributed by atoms with Crippen molar-refractivity contribution in [3.05, 3.63) is 35.0 Å². The fraction of sp³-hybridized carbons (Fsp3) is 0.417. The van der Waals surface area contributed by atoms with E-state index < -0.39 is 0 Å². The second-order valence-electron chi connectivity index (χ2n) is 4.34. The zero-order valence-corrected chi connectivity index (χ0v) is 10.9. The third-order valence-electron chi connectivity index (χ3n) is 2.94. The number of nitrogens with one attached hydrogen (secondary N) is 1. The van der Waals surface area contributed by atoms with Gasteiger partial charge in [0.2, 0.25) is 5.76 Å². The van der Waals surface area contributed by atoms with E-state index in [1.165, 1.54) is 0 Å². The van der Waals surface area contributed by atoms with E-state index in [1.807, 2.05) is 20.9 Å². The molecule has 2 aromatic rings. The highest BCUT2D eigenvalue weighted by Crippen LogP contribution is 2.16. The number of hydrogen-bond acceptors (Lipinski definition) is 4.